The van der Waals surface area contributed by atoms with Crippen molar-refractivity contribution < 1.29 is 4.79 Å². The summed E-state index contributed by atoms with van der Waals surface area (Å²) in [7, 11) is 0. The van der Waals surface area contributed by atoms with Gasteiger partial charge in [-0.3, -0.25) is 5.32 Å². The van der Waals surface area contributed by atoms with E-state index in [4.69, 9.17) is 23.2 Å². The zero-order valence-corrected chi connectivity index (χ0v) is 13.5. The molecule has 0 aliphatic carbocycles. The number of nitrogens with zero attached hydrogens (tertiary/aromatic N) is 2. The lowest BCUT2D eigenvalue weighted by Gasteiger charge is -2.12. The van der Waals surface area contributed by atoms with Crippen LogP contribution in [-0.2, 0) is 0 Å². The molecule has 2 aromatic rings. The van der Waals surface area contributed by atoms with E-state index in [-0.39, 0.29) is 6.04 Å². The molecule has 2 amide bonds. The summed E-state index contributed by atoms with van der Waals surface area (Å²) in [6, 6.07) is 6.33. The maximum absolute atomic E-state index is 12.0. The van der Waals surface area contributed by atoms with Gasteiger partial charge in [-0.1, -0.05) is 29.3 Å². The number of amides is 2. The van der Waals surface area contributed by atoms with Gasteiger partial charge < -0.3 is 10.6 Å². The van der Waals surface area contributed by atoms with Crippen molar-refractivity contribution >= 4 is 46.6 Å². The largest absolute Gasteiger partial charge is 0.368 e. The Morgan fingerprint density at radius 1 is 1.09 bits per heavy atom. The molecule has 0 saturated carbocycles. The number of carbonyl (C=O) groups excluding carboxylic acids is 1. The van der Waals surface area contributed by atoms with Crippen LogP contribution in [-0.4, -0.2) is 22.0 Å². The van der Waals surface area contributed by atoms with Crippen LogP contribution < -0.4 is 16.0 Å². The number of benzene rings is 1. The summed E-state index contributed by atoms with van der Waals surface area (Å²) >= 11 is 12.0. The van der Waals surface area contributed by atoms with E-state index in [1.54, 1.807) is 24.3 Å². The number of carbonyl (C=O) groups is 1. The highest BCUT2D eigenvalue weighted by Gasteiger charge is 2.10. The fraction of sp³-hybridized carbons (Fsp3) is 0.214. The van der Waals surface area contributed by atoms with Gasteiger partial charge in [0.2, 0.25) is 0 Å². The molecule has 0 radical (unpaired) electrons. The van der Waals surface area contributed by atoms with Crippen LogP contribution in [0.4, 0.5) is 22.1 Å². The highest BCUT2D eigenvalue weighted by molar-refractivity contribution is 6.39. The molecule has 1 aromatic carbocycles. The second kappa shape index (κ2) is 7.29. The molecular formula is C14H15Cl2N5O. The van der Waals surface area contributed by atoms with E-state index in [1.807, 2.05) is 13.8 Å². The summed E-state index contributed by atoms with van der Waals surface area (Å²) in [6.07, 6.45) is 1.36. The topological polar surface area (TPSA) is 78.9 Å². The number of hydrogen-bond donors (Lipinski definition) is 3. The van der Waals surface area contributed by atoms with Gasteiger partial charge in [-0.2, -0.15) is 0 Å². The molecule has 2 rings (SSSR count). The molecule has 0 bridgehead atoms. The predicted octanol–water partition coefficient (Wildman–Crippen LogP) is 4.25. The van der Waals surface area contributed by atoms with Gasteiger partial charge in [-0.15, -0.1) is 0 Å². The zero-order chi connectivity index (χ0) is 16.1. The Morgan fingerprint density at radius 3 is 2.36 bits per heavy atom. The highest BCUT2D eigenvalue weighted by Crippen LogP contribution is 2.29. The molecule has 8 heteroatoms. The number of para-hydroxylation sites is 1. The number of anilines is 3. The van der Waals surface area contributed by atoms with Crippen molar-refractivity contribution in [2.45, 2.75) is 19.9 Å². The molecular weight excluding hydrogens is 325 g/mol. The van der Waals surface area contributed by atoms with Gasteiger partial charge in [0.25, 0.3) is 0 Å². The third-order valence-corrected chi connectivity index (χ3v) is 3.18. The third kappa shape index (κ3) is 4.47. The lowest BCUT2D eigenvalue weighted by molar-refractivity contribution is 0.262. The number of halogens is 2. The van der Waals surface area contributed by atoms with E-state index < -0.39 is 6.03 Å². The fourth-order valence-corrected chi connectivity index (χ4v) is 2.17. The standard InChI is InChI=1S/C14H15Cl2N5O/c1-8(2)19-11-6-12(18-7-17-11)20-14(22)21-13-9(15)4-3-5-10(13)16/h3-8H,1-2H3,(H3,17,18,19,20,21,22). The van der Waals surface area contributed by atoms with Crippen molar-refractivity contribution in [2.75, 3.05) is 16.0 Å². The molecule has 0 saturated heterocycles. The molecule has 0 fully saturated rings. The summed E-state index contributed by atoms with van der Waals surface area (Å²) < 4.78 is 0. The lowest BCUT2D eigenvalue weighted by Crippen LogP contribution is -2.21. The predicted molar refractivity (Wildman–Crippen MR) is 89.9 cm³/mol. The number of hydrogen-bond acceptors (Lipinski definition) is 4. The van der Waals surface area contributed by atoms with Crippen molar-refractivity contribution in [3.05, 3.63) is 40.6 Å². The lowest BCUT2D eigenvalue weighted by atomic mass is 10.3. The fourth-order valence-electron chi connectivity index (χ4n) is 1.68. The van der Waals surface area contributed by atoms with Crippen LogP contribution in [0.2, 0.25) is 10.0 Å². The third-order valence-electron chi connectivity index (χ3n) is 2.55. The number of urea groups is 1. The van der Waals surface area contributed by atoms with Crippen LogP contribution in [0.15, 0.2) is 30.6 Å². The van der Waals surface area contributed by atoms with Crippen LogP contribution >= 0.6 is 23.2 Å². The van der Waals surface area contributed by atoms with Crippen LogP contribution in [0.1, 0.15) is 13.8 Å². The minimum atomic E-state index is -0.496. The molecule has 1 heterocycles. The van der Waals surface area contributed by atoms with Crippen molar-refractivity contribution in [1.29, 1.82) is 0 Å². The summed E-state index contributed by atoms with van der Waals surface area (Å²) in [6.45, 7) is 3.97. The summed E-state index contributed by atoms with van der Waals surface area (Å²) in [5.41, 5.74) is 0.345. The van der Waals surface area contributed by atoms with Gasteiger partial charge in [-0.05, 0) is 26.0 Å². The average molecular weight is 340 g/mol. The first-order valence-electron chi connectivity index (χ1n) is 6.56. The van der Waals surface area contributed by atoms with E-state index >= 15 is 0 Å². The van der Waals surface area contributed by atoms with Gasteiger partial charge >= 0.3 is 6.03 Å². The van der Waals surface area contributed by atoms with Crippen molar-refractivity contribution in [3.8, 4) is 0 Å². The molecule has 1 aromatic heterocycles. The Kier molecular flexibility index (Phi) is 5.41. The maximum Gasteiger partial charge on any atom is 0.324 e. The minimum absolute atomic E-state index is 0.221. The molecule has 116 valence electrons. The van der Waals surface area contributed by atoms with Gasteiger partial charge in [-0.25, -0.2) is 14.8 Å². The molecule has 0 unspecified atom stereocenters. The Hall–Kier alpha value is -2.05. The maximum atomic E-state index is 12.0. The van der Waals surface area contributed by atoms with Gasteiger partial charge in [0.05, 0.1) is 15.7 Å². The normalized spacial score (nSPS) is 10.4. The molecule has 0 aliphatic rings. The Balaban J connectivity index is 2.06. The van der Waals surface area contributed by atoms with E-state index in [1.165, 1.54) is 6.33 Å². The van der Waals surface area contributed by atoms with Gasteiger partial charge in [0.15, 0.2) is 0 Å². The Labute approximate surface area is 138 Å². The average Bonchev–Trinajstić information content (AvgIpc) is 2.42. The molecule has 22 heavy (non-hydrogen) atoms. The summed E-state index contributed by atoms with van der Waals surface area (Å²) in [5, 5.41) is 9.02. The monoisotopic (exact) mass is 339 g/mol. The first kappa shape index (κ1) is 16.3. The minimum Gasteiger partial charge on any atom is -0.368 e. The smallest absolute Gasteiger partial charge is 0.324 e. The van der Waals surface area contributed by atoms with Gasteiger partial charge in [0, 0.05) is 12.1 Å². The van der Waals surface area contributed by atoms with Crippen molar-refractivity contribution in [2.24, 2.45) is 0 Å². The van der Waals surface area contributed by atoms with E-state index in [9.17, 15) is 4.79 Å². The number of nitrogens with one attached hydrogen (secondary N) is 3. The van der Waals surface area contributed by atoms with Crippen molar-refractivity contribution in [1.82, 2.24) is 9.97 Å². The SMILES string of the molecule is CC(C)Nc1cc(NC(=O)Nc2c(Cl)cccc2Cl)ncn1. The first-order chi connectivity index (χ1) is 10.5. The highest BCUT2D eigenvalue weighted by atomic mass is 35.5. The zero-order valence-electron chi connectivity index (χ0n) is 12.0. The van der Waals surface area contributed by atoms with Crippen LogP contribution in [0.5, 0.6) is 0 Å². The molecule has 0 aliphatic heterocycles. The molecule has 0 atom stereocenters. The van der Waals surface area contributed by atoms with Crippen LogP contribution in [0, 0.1) is 0 Å². The molecule has 6 nitrogen and oxygen atoms in total. The second-order valence-corrected chi connectivity index (χ2v) is 5.58. The molecule has 3 N–H and O–H groups in total. The summed E-state index contributed by atoms with van der Waals surface area (Å²) in [5.74, 6) is 0.981. The van der Waals surface area contributed by atoms with E-state index in [0.717, 1.165) is 0 Å². The van der Waals surface area contributed by atoms with E-state index in [2.05, 4.69) is 25.9 Å². The van der Waals surface area contributed by atoms with Crippen LogP contribution in [0.3, 0.4) is 0 Å². The number of rotatable bonds is 4. The van der Waals surface area contributed by atoms with E-state index in [0.29, 0.717) is 27.4 Å². The molecule has 0 spiro atoms. The summed E-state index contributed by atoms with van der Waals surface area (Å²) in [4.78, 5) is 20.0. The number of aromatic nitrogens is 2. The van der Waals surface area contributed by atoms with Crippen molar-refractivity contribution in [3.63, 3.8) is 0 Å². The Morgan fingerprint density at radius 2 is 1.73 bits per heavy atom. The first-order valence-corrected chi connectivity index (χ1v) is 7.32. The quantitative estimate of drug-likeness (QED) is 0.777. The second-order valence-electron chi connectivity index (χ2n) is 4.76. The van der Waals surface area contributed by atoms with Crippen LogP contribution in [0.25, 0.3) is 0 Å². The Bertz CT molecular complexity index is 658. The van der Waals surface area contributed by atoms with Gasteiger partial charge in [0.1, 0.15) is 18.0 Å².